The number of methoxy groups -OCH3 is 4. The molecule has 0 radical (unpaired) electrons. The first kappa shape index (κ1) is 20.2. The Kier molecular flexibility index (Phi) is 7.16. The standard InChI is InChI=1S/C20H25NO6/c1-6-27-16-9-13(7-8-15(16)23-2)12-21-20(22)14-10-17(24-3)19(26-5)18(11-14)25-4/h7-11H,6,12H2,1-5H3,(H,21,22). The Balaban J connectivity index is 2.17. The number of carbonyl (C=O) groups excluding carboxylic acids is 1. The molecule has 2 aromatic carbocycles. The van der Waals surface area contributed by atoms with Gasteiger partial charge in [-0.2, -0.15) is 0 Å². The smallest absolute Gasteiger partial charge is 0.251 e. The van der Waals surface area contributed by atoms with Gasteiger partial charge in [0.15, 0.2) is 23.0 Å². The Morgan fingerprint density at radius 1 is 0.852 bits per heavy atom. The van der Waals surface area contributed by atoms with Crippen LogP contribution in [0, 0.1) is 0 Å². The Morgan fingerprint density at radius 2 is 1.48 bits per heavy atom. The van der Waals surface area contributed by atoms with Gasteiger partial charge in [0.2, 0.25) is 5.75 Å². The van der Waals surface area contributed by atoms with Crippen LogP contribution in [0.1, 0.15) is 22.8 Å². The highest BCUT2D eigenvalue weighted by atomic mass is 16.5. The second-order valence-corrected chi connectivity index (χ2v) is 5.51. The van der Waals surface area contributed by atoms with Gasteiger partial charge in [-0.3, -0.25) is 4.79 Å². The SMILES string of the molecule is CCOc1cc(CNC(=O)c2cc(OC)c(OC)c(OC)c2)ccc1OC. The van der Waals surface area contributed by atoms with Gasteiger partial charge in [0, 0.05) is 12.1 Å². The minimum atomic E-state index is -0.261. The molecule has 0 saturated carbocycles. The van der Waals surface area contributed by atoms with E-state index in [1.54, 1.807) is 19.2 Å². The fraction of sp³-hybridized carbons (Fsp3) is 0.350. The predicted molar refractivity (Wildman–Crippen MR) is 101 cm³/mol. The highest BCUT2D eigenvalue weighted by molar-refractivity contribution is 5.95. The van der Waals surface area contributed by atoms with E-state index in [1.165, 1.54) is 21.3 Å². The Bertz CT molecular complexity index is 765. The molecule has 0 saturated heterocycles. The molecule has 0 heterocycles. The molecular formula is C20H25NO6. The van der Waals surface area contributed by atoms with Gasteiger partial charge in [0.1, 0.15) is 0 Å². The molecule has 2 aromatic rings. The van der Waals surface area contributed by atoms with Crippen LogP contribution in [-0.2, 0) is 6.54 Å². The number of hydrogen-bond acceptors (Lipinski definition) is 6. The minimum absolute atomic E-state index is 0.261. The van der Waals surface area contributed by atoms with Crippen molar-refractivity contribution in [3.05, 3.63) is 41.5 Å². The molecule has 0 aromatic heterocycles. The number of nitrogens with one attached hydrogen (secondary N) is 1. The van der Waals surface area contributed by atoms with Crippen LogP contribution >= 0.6 is 0 Å². The van der Waals surface area contributed by atoms with Gasteiger partial charge in [0.25, 0.3) is 5.91 Å². The van der Waals surface area contributed by atoms with Gasteiger partial charge in [-0.15, -0.1) is 0 Å². The maximum Gasteiger partial charge on any atom is 0.251 e. The summed E-state index contributed by atoms with van der Waals surface area (Å²) in [7, 11) is 6.11. The lowest BCUT2D eigenvalue weighted by Gasteiger charge is -2.14. The summed E-state index contributed by atoms with van der Waals surface area (Å²) in [5.41, 5.74) is 1.29. The summed E-state index contributed by atoms with van der Waals surface area (Å²) in [6.45, 7) is 2.76. The number of rotatable bonds is 9. The largest absolute Gasteiger partial charge is 0.493 e. The third kappa shape index (κ3) is 4.75. The molecule has 0 bridgehead atoms. The zero-order valence-electron chi connectivity index (χ0n) is 16.3. The molecule has 0 unspecified atom stereocenters. The lowest BCUT2D eigenvalue weighted by molar-refractivity contribution is 0.0950. The third-order valence-electron chi connectivity index (χ3n) is 3.91. The maximum absolute atomic E-state index is 12.6. The van der Waals surface area contributed by atoms with Gasteiger partial charge in [-0.05, 0) is 36.8 Å². The summed E-state index contributed by atoms with van der Waals surface area (Å²) in [4.78, 5) is 12.6. The predicted octanol–water partition coefficient (Wildman–Crippen LogP) is 3.05. The first-order chi connectivity index (χ1) is 13.1. The molecular weight excluding hydrogens is 350 g/mol. The second-order valence-electron chi connectivity index (χ2n) is 5.51. The topological polar surface area (TPSA) is 75.3 Å². The normalized spacial score (nSPS) is 10.1. The van der Waals surface area contributed by atoms with Crippen molar-refractivity contribution in [2.45, 2.75) is 13.5 Å². The summed E-state index contributed by atoms with van der Waals surface area (Å²) in [6, 6.07) is 8.74. The van der Waals surface area contributed by atoms with Crippen molar-refractivity contribution in [3.8, 4) is 28.7 Å². The molecule has 0 spiro atoms. The van der Waals surface area contributed by atoms with Crippen LogP contribution in [0.3, 0.4) is 0 Å². The van der Waals surface area contributed by atoms with Crippen molar-refractivity contribution in [2.75, 3.05) is 35.0 Å². The van der Waals surface area contributed by atoms with E-state index in [0.29, 0.717) is 47.5 Å². The van der Waals surface area contributed by atoms with E-state index in [0.717, 1.165) is 5.56 Å². The summed E-state index contributed by atoms with van der Waals surface area (Å²) in [6.07, 6.45) is 0. The fourth-order valence-corrected chi connectivity index (χ4v) is 2.60. The summed E-state index contributed by atoms with van der Waals surface area (Å²) in [5, 5.41) is 2.87. The molecule has 1 amide bonds. The van der Waals surface area contributed by atoms with Crippen LogP contribution in [0.4, 0.5) is 0 Å². The summed E-state index contributed by atoms with van der Waals surface area (Å²) < 4.78 is 26.7. The van der Waals surface area contributed by atoms with E-state index in [4.69, 9.17) is 23.7 Å². The average Bonchev–Trinajstić information content (AvgIpc) is 2.71. The number of carbonyl (C=O) groups is 1. The summed E-state index contributed by atoms with van der Waals surface area (Å²) >= 11 is 0. The molecule has 7 heteroatoms. The van der Waals surface area contributed by atoms with Gasteiger partial charge >= 0.3 is 0 Å². The number of amides is 1. The van der Waals surface area contributed by atoms with Gasteiger partial charge in [0.05, 0.1) is 35.0 Å². The molecule has 0 aliphatic carbocycles. The van der Waals surface area contributed by atoms with Crippen LogP contribution in [-0.4, -0.2) is 41.0 Å². The van der Waals surface area contributed by atoms with Crippen LogP contribution in [0.5, 0.6) is 28.7 Å². The van der Waals surface area contributed by atoms with E-state index in [2.05, 4.69) is 5.32 Å². The number of hydrogen-bond donors (Lipinski definition) is 1. The van der Waals surface area contributed by atoms with Gasteiger partial charge in [-0.1, -0.05) is 6.07 Å². The molecule has 0 aliphatic rings. The van der Waals surface area contributed by atoms with Crippen molar-refractivity contribution < 1.29 is 28.5 Å². The average molecular weight is 375 g/mol. The number of benzene rings is 2. The molecule has 1 N–H and O–H groups in total. The quantitative estimate of drug-likeness (QED) is 0.726. The van der Waals surface area contributed by atoms with E-state index >= 15 is 0 Å². The van der Waals surface area contributed by atoms with Crippen molar-refractivity contribution in [1.29, 1.82) is 0 Å². The van der Waals surface area contributed by atoms with Gasteiger partial charge in [-0.25, -0.2) is 0 Å². The lowest BCUT2D eigenvalue weighted by Crippen LogP contribution is -2.23. The van der Waals surface area contributed by atoms with E-state index in [-0.39, 0.29) is 5.91 Å². The monoisotopic (exact) mass is 375 g/mol. The van der Waals surface area contributed by atoms with Crippen molar-refractivity contribution >= 4 is 5.91 Å². The molecule has 0 atom stereocenters. The third-order valence-corrected chi connectivity index (χ3v) is 3.91. The molecule has 7 nitrogen and oxygen atoms in total. The molecule has 2 rings (SSSR count). The Morgan fingerprint density at radius 3 is 2.00 bits per heavy atom. The zero-order valence-corrected chi connectivity index (χ0v) is 16.3. The first-order valence-electron chi connectivity index (χ1n) is 8.45. The highest BCUT2D eigenvalue weighted by Crippen LogP contribution is 2.38. The van der Waals surface area contributed by atoms with Crippen LogP contribution < -0.4 is 29.0 Å². The first-order valence-corrected chi connectivity index (χ1v) is 8.45. The van der Waals surface area contributed by atoms with Crippen molar-refractivity contribution in [3.63, 3.8) is 0 Å². The van der Waals surface area contributed by atoms with E-state index in [1.807, 2.05) is 25.1 Å². The number of ether oxygens (including phenoxy) is 5. The molecule has 146 valence electrons. The zero-order chi connectivity index (χ0) is 19.8. The van der Waals surface area contributed by atoms with E-state index in [9.17, 15) is 4.79 Å². The summed E-state index contributed by atoms with van der Waals surface area (Å²) in [5.74, 6) is 2.31. The maximum atomic E-state index is 12.6. The van der Waals surface area contributed by atoms with Gasteiger partial charge < -0.3 is 29.0 Å². The molecule has 27 heavy (non-hydrogen) atoms. The van der Waals surface area contributed by atoms with Crippen LogP contribution in [0.25, 0.3) is 0 Å². The van der Waals surface area contributed by atoms with Crippen molar-refractivity contribution in [1.82, 2.24) is 5.32 Å². The fourth-order valence-electron chi connectivity index (χ4n) is 2.60. The van der Waals surface area contributed by atoms with Crippen LogP contribution in [0.15, 0.2) is 30.3 Å². The highest BCUT2D eigenvalue weighted by Gasteiger charge is 2.17. The molecule has 0 aliphatic heterocycles. The van der Waals surface area contributed by atoms with Crippen molar-refractivity contribution in [2.24, 2.45) is 0 Å². The van der Waals surface area contributed by atoms with Crippen LogP contribution in [0.2, 0.25) is 0 Å². The lowest BCUT2D eigenvalue weighted by atomic mass is 10.1. The molecule has 0 fully saturated rings. The Labute approximate surface area is 159 Å². The Hall–Kier alpha value is -3.09. The van der Waals surface area contributed by atoms with E-state index < -0.39 is 0 Å². The second kappa shape index (κ2) is 9.56. The minimum Gasteiger partial charge on any atom is -0.493 e.